The molecular formula is C12H17NO6. The highest BCUT2D eigenvalue weighted by Crippen LogP contribution is 2.27. The van der Waals surface area contributed by atoms with Crippen LogP contribution in [-0.4, -0.2) is 43.2 Å². The van der Waals surface area contributed by atoms with Crippen molar-refractivity contribution >= 4 is 5.97 Å². The van der Waals surface area contributed by atoms with E-state index in [1.807, 2.05) is 0 Å². The zero-order valence-electron chi connectivity index (χ0n) is 11.0. The maximum atomic E-state index is 11.8. The average Bonchev–Trinajstić information content (AvgIpc) is 2.41. The van der Waals surface area contributed by atoms with Crippen molar-refractivity contribution in [1.82, 2.24) is 5.48 Å². The van der Waals surface area contributed by atoms with Gasteiger partial charge in [0.05, 0.1) is 14.2 Å². The second-order valence-electron chi connectivity index (χ2n) is 3.83. The molecule has 1 aromatic carbocycles. The van der Waals surface area contributed by atoms with Crippen molar-refractivity contribution in [1.29, 1.82) is 0 Å². The number of phenolic OH excluding ortho intramolecular Hbond substituents is 2. The van der Waals surface area contributed by atoms with Crippen molar-refractivity contribution in [2.75, 3.05) is 21.3 Å². The van der Waals surface area contributed by atoms with E-state index in [9.17, 15) is 15.0 Å². The van der Waals surface area contributed by atoms with Crippen molar-refractivity contribution in [3.63, 3.8) is 0 Å². The standard InChI is InChI=1S/C12H17NO6/c1-17-11(16)12(18-2,13-19-3)7-8-4-5-9(14)10(15)6-8/h4-6,13-15H,7H2,1-3H3/t12-/m1/s1. The highest BCUT2D eigenvalue weighted by atomic mass is 16.7. The van der Waals surface area contributed by atoms with E-state index < -0.39 is 11.7 Å². The van der Waals surface area contributed by atoms with Crippen molar-refractivity contribution in [2.24, 2.45) is 0 Å². The Hall–Kier alpha value is -1.83. The predicted octanol–water partition coefficient (Wildman–Crippen LogP) is 0.307. The summed E-state index contributed by atoms with van der Waals surface area (Å²) in [4.78, 5) is 16.6. The van der Waals surface area contributed by atoms with Gasteiger partial charge in [-0.15, -0.1) is 0 Å². The van der Waals surface area contributed by atoms with Gasteiger partial charge in [-0.25, -0.2) is 4.79 Å². The van der Waals surface area contributed by atoms with Gasteiger partial charge in [-0.05, 0) is 17.7 Å². The lowest BCUT2D eigenvalue weighted by Crippen LogP contribution is -2.55. The van der Waals surface area contributed by atoms with E-state index >= 15 is 0 Å². The number of carbonyl (C=O) groups excluding carboxylic acids is 1. The van der Waals surface area contributed by atoms with Crippen molar-refractivity contribution < 1.29 is 29.3 Å². The number of hydrogen-bond acceptors (Lipinski definition) is 7. The molecule has 0 heterocycles. The minimum Gasteiger partial charge on any atom is -0.504 e. The van der Waals surface area contributed by atoms with Crippen LogP contribution in [0.15, 0.2) is 18.2 Å². The summed E-state index contributed by atoms with van der Waals surface area (Å²) in [6.07, 6.45) is 0.0395. The Morgan fingerprint density at radius 1 is 1.26 bits per heavy atom. The largest absolute Gasteiger partial charge is 0.504 e. The summed E-state index contributed by atoms with van der Waals surface area (Å²) in [7, 11) is 3.88. The molecule has 106 valence electrons. The average molecular weight is 271 g/mol. The van der Waals surface area contributed by atoms with E-state index in [2.05, 4.69) is 10.2 Å². The number of phenols is 2. The quantitative estimate of drug-likeness (QED) is 0.296. The summed E-state index contributed by atoms with van der Waals surface area (Å²) in [6.45, 7) is 0. The first kappa shape index (κ1) is 15.2. The number of rotatable bonds is 6. The van der Waals surface area contributed by atoms with Crippen LogP contribution >= 0.6 is 0 Å². The molecule has 0 saturated carbocycles. The molecule has 0 unspecified atom stereocenters. The minimum atomic E-state index is -1.53. The smallest absolute Gasteiger partial charge is 0.356 e. The molecule has 1 rings (SSSR count). The van der Waals surface area contributed by atoms with Gasteiger partial charge in [-0.1, -0.05) is 6.07 Å². The second-order valence-corrected chi connectivity index (χ2v) is 3.83. The Bertz CT molecular complexity index is 450. The van der Waals surface area contributed by atoms with Crippen LogP contribution in [-0.2, 0) is 25.5 Å². The van der Waals surface area contributed by atoms with Crippen LogP contribution in [0.4, 0.5) is 0 Å². The zero-order valence-corrected chi connectivity index (χ0v) is 11.0. The third-order valence-corrected chi connectivity index (χ3v) is 2.62. The maximum absolute atomic E-state index is 11.8. The summed E-state index contributed by atoms with van der Waals surface area (Å²) >= 11 is 0. The monoisotopic (exact) mass is 271 g/mol. The topological polar surface area (TPSA) is 97.3 Å². The Labute approximate surface area is 110 Å². The summed E-state index contributed by atoms with van der Waals surface area (Å²) in [5.74, 6) is -1.21. The van der Waals surface area contributed by atoms with E-state index in [4.69, 9.17) is 9.57 Å². The van der Waals surface area contributed by atoms with Gasteiger partial charge in [0.25, 0.3) is 0 Å². The molecule has 19 heavy (non-hydrogen) atoms. The predicted molar refractivity (Wildman–Crippen MR) is 65.4 cm³/mol. The number of carbonyl (C=O) groups is 1. The summed E-state index contributed by atoms with van der Waals surface area (Å²) in [5, 5.41) is 18.7. The van der Waals surface area contributed by atoms with Crippen LogP contribution in [0, 0.1) is 0 Å². The van der Waals surface area contributed by atoms with Crippen LogP contribution < -0.4 is 5.48 Å². The number of nitrogens with one attached hydrogen (secondary N) is 1. The minimum absolute atomic E-state index is 0.0395. The fourth-order valence-corrected chi connectivity index (χ4v) is 1.64. The van der Waals surface area contributed by atoms with Gasteiger partial charge in [-0.3, -0.25) is 0 Å². The molecular weight excluding hydrogens is 254 g/mol. The molecule has 0 amide bonds. The van der Waals surface area contributed by atoms with Crippen LogP contribution in [0.3, 0.4) is 0 Å². The molecule has 0 aromatic heterocycles. The normalized spacial score (nSPS) is 13.8. The molecule has 7 nitrogen and oxygen atoms in total. The number of benzene rings is 1. The Morgan fingerprint density at radius 3 is 2.42 bits per heavy atom. The number of aromatic hydroxyl groups is 2. The fraction of sp³-hybridized carbons (Fsp3) is 0.417. The van der Waals surface area contributed by atoms with Gasteiger partial charge in [0.1, 0.15) is 0 Å². The first-order valence-corrected chi connectivity index (χ1v) is 5.43. The van der Waals surface area contributed by atoms with Crippen molar-refractivity contribution in [3.8, 4) is 11.5 Å². The molecule has 0 aliphatic rings. The molecule has 3 N–H and O–H groups in total. The van der Waals surface area contributed by atoms with E-state index in [1.165, 1.54) is 33.5 Å². The number of ether oxygens (including phenoxy) is 2. The third-order valence-electron chi connectivity index (χ3n) is 2.62. The zero-order chi connectivity index (χ0) is 14.5. The summed E-state index contributed by atoms with van der Waals surface area (Å²) in [5.41, 5.74) is 1.45. The molecule has 0 radical (unpaired) electrons. The fourth-order valence-electron chi connectivity index (χ4n) is 1.64. The second kappa shape index (κ2) is 6.37. The molecule has 0 bridgehead atoms. The molecule has 0 spiro atoms. The molecule has 0 saturated heterocycles. The molecule has 7 heteroatoms. The Balaban J connectivity index is 3.05. The van der Waals surface area contributed by atoms with Gasteiger partial charge in [0.15, 0.2) is 11.5 Å². The lowest BCUT2D eigenvalue weighted by molar-refractivity contribution is -0.190. The molecule has 0 aliphatic heterocycles. The van der Waals surface area contributed by atoms with E-state index in [0.29, 0.717) is 5.56 Å². The third kappa shape index (κ3) is 3.34. The highest BCUT2D eigenvalue weighted by molar-refractivity contribution is 5.79. The first-order chi connectivity index (χ1) is 8.99. The summed E-state index contributed by atoms with van der Waals surface area (Å²) in [6, 6.07) is 4.18. The van der Waals surface area contributed by atoms with Crippen LogP contribution in [0.2, 0.25) is 0 Å². The molecule has 1 aromatic rings. The lowest BCUT2D eigenvalue weighted by Gasteiger charge is -2.29. The molecule has 0 aliphatic carbocycles. The van der Waals surface area contributed by atoms with Crippen LogP contribution in [0.25, 0.3) is 0 Å². The van der Waals surface area contributed by atoms with E-state index in [1.54, 1.807) is 6.07 Å². The van der Waals surface area contributed by atoms with Gasteiger partial charge < -0.3 is 24.5 Å². The summed E-state index contributed by atoms with van der Waals surface area (Å²) < 4.78 is 9.82. The Kier molecular flexibility index (Phi) is 5.11. The number of methoxy groups -OCH3 is 2. The van der Waals surface area contributed by atoms with Crippen LogP contribution in [0.5, 0.6) is 11.5 Å². The first-order valence-electron chi connectivity index (χ1n) is 5.43. The van der Waals surface area contributed by atoms with E-state index in [-0.39, 0.29) is 17.9 Å². The highest BCUT2D eigenvalue weighted by Gasteiger charge is 2.40. The van der Waals surface area contributed by atoms with Gasteiger partial charge in [-0.2, -0.15) is 5.48 Å². The SMILES string of the molecule is CON[C@](Cc1ccc(O)c(O)c1)(OC)C(=O)OC. The maximum Gasteiger partial charge on any atom is 0.356 e. The van der Waals surface area contributed by atoms with Crippen molar-refractivity contribution in [3.05, 3.63) is 23.8 Å². The number of hydrogen-bond donors (Lipinski definition) is 3. The number of hydroxylamine groups is 1. The van der Waals surface area contributed by atoms with E-state index in [0.717, 1.165) is 0 Å². The molecule has 0 fully saturated rings. The van der Waals surface area contributed by atoms with Crippen molar-refractivity contribution in [2.45, 2.75) is 12.1 Å². The Morgan fingerprint density at radius 2 is 1.95 bits per heavy atom. The number of esters is 1. The van der Waals surface area contributed by atoms with Crippen LogP contribution in [0.1, 0.15) is 5.56 Å². The van der Waals surface area contributed by atoms with Gasteiger partial charge >= 0.3 is 5.97 Å². The molecule has 1 atom stereocenters. The van der Waals surface area contributed by atoms with Gasteiger partial charge in [0.2, 0.25) is 5.72 Å². The lowest BCUT2D eigenvalue weighted by atomic mass is 10.0. The van der Waals surface area contributed by atoms with Gasteiger partial charge in [0, 0.05) is 13.5 Å².